The number of likely N-dealkylation sites (tertiary alicyclic amines) is 1. The molecule has 0 aromatic rings. The Morgan fingerprint density at radius 1 is 1.41 bits per heavy atom. The second kappa shape index (κ2) is 6.12. The highest BCUT2D eigenvalue weighted by Gasteiger charge is 2.28. The number of carbonyl (C=O) groups is 1. The van der Waals surface area contributed by atoms with E-state index in [-0.39, 0.29) is 5.41 Å². The van der Waals surface area contributed by atoms with Gasteiger partial charge in [-0.1, -0.05) is 27.7 Å². The molecular formula is C14H27NOS. The van der Waals surface area contributed by atoms with Crippen molar-refractivity contribution in [2.45, 2.75) is 47.0 Å². The summed E-state index contributed by atoms with van der Waals surface area (Å²) in [5, 5.41) is 0. The molecule has 1 fully saturated rings. The molecular weight excluding hydrogens is 230 g/mol. The average Bonchev–Trinajstić information content (AvgIpc) is 2.42. The van der Waals surface area contributed by atoms with Gasteiger partial charge in [0.2, 0.25) is 5.91 Å². The average molecular weight is 257 g/mol. The van der Waals surface area contributed by atoms with Gasteiger partial charge in [-0.15, -0.1) is 0 Å². The Labute approximate surface area is 112 Å². The van der Waals surface area contributed by atoms with Crippen molar-refractivity contribution >= 4 is 18.5 Å². The molecule has 0 N–H and O–H groups in total. The lowest BCUT2D eigenvalue weighted by Gasteiger charge is -2.31. The number of thiol groups is 1. The van der Waals surface area contributed by atoms with Crippen LogP contribution in [0.2, 0.25) is 0 Å². The molecule has 1 aliphatic heterocycles. The first-order valence-electron chi connectivity index (χ1n) is 6.74. The van der Waals surface area contributed by atoms with Gasteiger partial charge in [0, 0.05) is 19.5 Å². The summed E-state index contributed by atoms with van der Waals surface area (Å²) in [4.78, 5) is 14.1. The molecule has 1 heterocycles. The predicted octanol–water partition coefficient (Wildman–Crippen LogP) is 3.23. The predicted molar refractivity (Wildman–Crippen MR) is 76.4 cm³/mol. The highest BCUT2D eigenvalue weighted by atomic mass is 32.1. The molecule has 0 aliphatic carbocycles. The van der Waals surface area contributed by atoms with Gasteiger partial charge in [0.15, 0.2) is 0 Å². The van der Waals surface area contributed by atoms with E-state index in [1.54, 1.807) is 0 Å². The van der Waals surface area contributed by atoms with E-state index in [0.717, 1.165) is 38.1 Å². The number of amides is 1. The van der Waals surface area contributed by atoms with E-state index < -0.39 is 0 Å². The Bertz CT molecular complexity index is 263. The third-order valence-electron chi connectivity index (χ3n) is 3.84. The molecule has 3 heteroatoms. The maximum Gasteiger partial charge on any atom is 0.222 e. The zero-order valence-electron chi connectivity index (χ0n) is 11.7. The van der Waals surface area contributed by atoms with Gasteiger partial charge in [-0.2, -0.15) is 12.6 Å². The highest BCUT2D eigenvalue weighted by Crippen LogP contribution is 2.27. The van der Waals surface area contributed by atoms with E-state index in [9.17, 15) is 4.79 Å². The van der Waals surface area contributed by atoms with Crippen LogP contribution in [0.5, 0.6) is 0 Å². The molecule has 0 radical (unpaired) electrons. The van der Waals surface area contributed by atoms with Crippen LogP contribution < -0.4 is 0 Å². The van der Waals surface area contributed by atoms with Crippen molar-refractivity contribution in [3.8, 4) is 0 Å². The molecule has 1 saturated heterocycles. The molecule has 1 unspecified atom stereocenters. The van der Waals surface area contributed by atoms with Crippen LogP contribution in [-0.4, -0.2) is 29.6 Å². The molecule has 0 spiro atoms. The first-order valence-corrected chi connectivity index (χ1v) is 7.37. The molecule has 1 aliphatic rings. The third-order valence-corrected chi connectivity index (χ3v) is 4.70. The van der Waals surface area contributed by atoms with Crippen LogP contribution in [0.4, 0.5) is 0 Å². The summed E-state index contributed by atoms with van der Waals surface area (Å²) >= 11 is 4.37. The molecule has 0 saturated carbocycles. The number of rotatable bonds is 4. The van der Waals surface area contributed by atoms with Crippen LogP contribution in [0.15, 0.2) is 0 Å². The summed E-state index contributed by atoms with van der Waals surface area (Å²) in [5.41, 5.74) is 0.121. The van der Waals surface area contributed by atoms with Crippen LogP contribution in [0.1, 0.15) is 47.0 Å². The van der Waals surface area contributed by atoms with E-state index in [1.807, 2.05) is 0 Å². The second-order valence-corrected chi connectivity index (χ2v) is 6.79. The lowest BCUT2D eigenvalue weighted by molar-refractivity contribution is -0.131. The van der Waals surface area contributed by atoms with Crippen LogP contribution >= 0.6 is 12.6 Å². The monoisotopic (exact) mass is 257 g/mol. The first-order chi connectivity index (χ1) is 7.85. The largest absolute Gasteiger partial charge is 0.342 e. The van der Waals surface area contributed by atoms with Crippen molar-refractivity contribution in [1.29, 1.82) is 0 Å². The van der Waals surface area contributed by atoms with Gasteiger partial charge >= 0.3 is 0 Å². The highest BCUT2D eigenvalue weighted by molar-refractivity contribution is 7.80. The van der Waals surface area contributed by atoms with Gasteiger partial charge in [-0.3, -0.25) is 4.79 Å². The van der Waals surface area contributed by atoms with E-state index in [1.165, 1.54) is 0 Å². The van der Waals surface area contributed by atoms with Crippen LogP contribution in [0, 0.1) is 17.3 Å². The van der Waals surface area contributed by atoms with Crippen LogP contribution in [0.25, 0.3) is 0 Å². The van der Waals surface area contributed by atoms with E-state index in [4.69, 9.17) is 0 Å². The third kappa shape index (κ3) is 4.53. The standard InChI is InChI=1S/C14H27NOS/c1-11(2)12-5-6-13(16)15(8-7-12)9-14(3,4)10-17/h11-12,17H,5-10H2,1-4H3. The van der Waals surface area contributed by atoms with E-state index in [2.05, 4.69) is 45.2 Å². The lowest BCUT2D eigenvalue weighted by Crippen LogP contribution is -2.39. The Morgan fingerprint density at radius 2 is 2.06 bits per heavy atom. The van der Waals surface area contributed by atoms with Crippen molar-refractivity contribution in [1.82, 2.24) is 4.90 Å². The quantitative estimate of drug-likeness (QED) is 0.767. The fourth-order valence-corrected chi connectivity index (χ4v) is 2.56. The summed E-state index contributed by atoms with van der Waals surface area (Å²) in [5.74, 6) is 2.57. The minimum Gasteiger partial charge on any atom is -0.342 e. The molecule has 2 nitrogen and oxygen atoms in total. The van der Waals surface area contributed by atoms with Crippen molar-refractivity contribution in [3.63, 3.8) is 0 Å². The van der Waals surface area contributed by atoms with Crippen LogP contribution in [0.3, 0.4) is 0 Å². The van der Waals surface area contributed by atoms with Crippen molar-refractivity contribution < 1.29 is 4.79 Å². The second-order valence-electron chi connectivity index (χ2n) is 6.47. The fourth-order valence-electron chi connectivity index (χ4n) is 2.46. The minimum atomic E-state index is 0.121. The molecule has 1 rings (SSSR count). The molecule has 17 heavy (non-hydrogen) atoms. The Hall–Kier alpha value is -0.180. The van der Waals surface area contributed by atoms with Gasteiger partial charge < -0.3 is 4.90 Å². The zero-order valence-corrected chi connectivity index (χ0v) is 12.6. The van der Waals surface area contributed by atoms with E-state index >= 15 is 0 Å². The molecule has 0 aromatic carbocycles. The van der Waals surface area contributed by atoms with Crippen molar-refractivity contribution in [2.75, 3.05) is 18.8 Å². The Morgan fingerprint density at radius 3 is 2.59 bits per heavy atom. The maximum atomic E-state index is 12.1. The molecule has 0 bridgehead atoms. The number of hydrogen-bond acceptors (Lipinski definition) is 2. The van der Waals surface area contributed by atoms with Gasteiger partial charge in [0.05, 0.1) is 0 Å². The summed E-state index contributed by atoms with van der Waals surface area (Å²) in [6, 6.07) is 0. The zero-order chi connectivity index (χ0) is 13.1. The lowest BCUT2D eigenvalue weighted by atomic mass is 9.89. The van der Waals surface area contributed by atoms with Crippen molar-refractivity contribution in [2.24, 2.45) is 17.3 Å². The normalized spacial score (nSPS) is 23.1. The number of nitrogens with zero attached hydrogens (tertiary/aromatic N) is 1. The fraction of sp³-hybridized carbons (Fsp3) is 0.929. The Kier molecular flexibility index (Phi) is 5.36. The summed E-state index contributed by atoms with van der Waals surface area (Å²) < 4.78 is 0. The van der Waals surface area contributed by atoms with Crippen LogP contribution in [-0.2, 0) is 4.79 Å². The van der Waals surface area contributed by atoms with Gasteiger partial charge in [-0.25, -0.2) is 0 Å². The summed E-state index contributed by atoms with van der Waals surface area (Å²) in [7, 11) is 0. The molecule has 1 atom stereocenters. The number of hydrogen-bond donors (Lipinski definition) is 1. The van der Waals surface area contributed by atoms with Gasteiger partial charge in [-0.05, 0) is 35.8 Å². The maximum absolute atomic E-state index is 12.1. The van der Waals surface area contributed by atoms with Crippen molar-refractivity contribution in [3.05, 3.63) is 0 Å². The Balaban J connectivity index is 2.59. The summed E-state index contributed by atoms with van der Waals surface area (Å²) in [6.07, 6.45) is 2.95. The van der Waals surface area contributed by atoms with Gasteiger partial charge in [0.1, 0.15) is 0 Å². The smallest absolute Gasteiger partial charge is 0.222 e. The minimum absolute atomic E-state index is 0.121. The first kappa shape index (κ1) is 14.9. The summed E-state index contributed by atoms with van der Waals surface area (Å²) in [6.45, 7) is 10.7. The number of carbonyl (C=O) groups excluding carboxylic acids is 1. The molecule has 100 valence electrons. The van der Waals surface area contributed by atoms with Gasteiger partial charge in [0.25, 0.3) is 0 Å². The van der Waals surface area contributed by atoms with E-state index in [0.29, 0.717) is 17.7 Å². The topological polar surface area (TPSA) is 20.3 Å². The molecule has 1 amide bonds. The SMILES string of the molecule is CC(C)C1CCC(=O)N(CC(C)(C)CS)CC1. The molecule has 0 aromatic heterocycles.